The van der Waals surface area contributed by atoms with Gasteiger partial charge in [0.2, 0.25) is 0 Å². The van der Waals surface area contributed by atoms with Crippen molar-refractivity contribution in [3.63, 3.8) is 0 Å². The van der Waals surface area contributed by atoms with Crippen molar-refractivity contribution in [3.05, 3.63) is 35.6 Å². The molecule has 1 unspecified atom stereocenters. The van der Waals surface area contributed by atoms with E-state index in [9.17, 15) is 0 Å². The van der Waals surface area contributed by atoms with Crippen molar-refractivity contribution in [1.82, 2.24) is 5.48 Å². The van der Waals surface area contributed by atoms with Gasteiger partial charge in [0.15, 0.2) is 0 Å². The lowest BCUT2D eigenvalue weighted by Gasteiger charge is -2.09. The Morgan fingerprint density at radius 1 is 1.50 bits per heavy atom. The molecule has 52 valence electrons. The Labute approximate surface area is 59.8 Å². The minimum atomic E-state index is 0.144. The lowest BCUT2D eigenvalue weighted by Crippen LogP contribution is -2.11. The maximum absolute atomic E-state index is 5.16. The molecule has 1 aliphatic carbocycles. The monoisotopic (exact) mass is 135 g/mol. The maximum Gasteiger partial charge on any atom is 0.131 e. The third-order valence-electron chi connectivity index (χ3n) is 1.70. The molecule has 0 fully saturated rings. The standard InChI is InChI=1S/C8H9NO/c1-6-2-3-7-5-9-10-8(7)4-6/h2-5,8-9H,1H3. The minimum absolute atomic E-state index is 0.144. The fraction of sp³-hybridized carbons (Fsp3) is 0.250. The van der Waals surface area contributed by atoms with E-state index in [1.54, 1.807) is 0 Å². The van der Waals surface area contributed by atoms with Crippen molar-refractivity contribution in [3.8, 4) is 0 Å². The van der Waals surface area contributed by atoms with E-state index >= 15 is 0 Å². The van der Waals surface area contributed by atoms with E-state index in [1.807, 2.05) is 6.20 Å². The number of nitrogens with one attached hydrogen (secondary N) is 1. The Balaban J connectivity index is 2.32. The Kier molecular flexibility index (Phi) is 1.14. The molecule has 0 bridgehead atoms. The van der Waals surface area contributed by atoms with E-state index in [-0.39, 0.29) is 6.10 Å². The summed E-state index contributed by atoms with van der Waals surface area (Å²) in [6.07, 6.45) is 8.26. The lowest BCUT2D eigenvalue weighted by atomic mass is 10.0. The minimum Gasteiger partial charge on any atom is -0.273 e. The van der Waals surface area contributed by atoms with E-state index in [1.165, 1.54) is 11.1 Å². The van der Waals surface area contributed by atoms with Crippen molar-refractivity contribution in [1.29, 1.82) is 0 Å². The van der Waals surface area contributed by atoms with Gasteiger partial charge in [0.05, 0.1) is 0 Å². The second-order valence-electron chi connectivity index (χ2n) is 2.54. The summed E-state index contributed by atoms with van der Waals surface area (Å²) in [7, 11) is 0. The van der Waals surface area contributed by atoms with Gasteiger partial charge in [0.1, 0.15) is 6.10 Å². The third-order valence-corrected chi connectivity index (χ3v) is 1.70. The molecule has 0 saturated carbocycles. The van der Waals surface area contributed by atoms with Crippen molar-refractivity contribution < 1.29 is 4.84 Å². The topological polar surface area (TPSA) is 21.3 Å². The molecule has 0 aromatic rings. The highest BCUT2D eigenvalue weighted by atomic mass is 16.7. The van der Waals surface area contributed by atoms with Crippen LogP contribution in [0, 0.1) is 0 Å². The first-order valence-electron chi connectivity index (χ1n) is 3.34. The van der Waals surface area contributed by atoms with Crippen molar-refractivity contribution in [2.75, 3.05) is 0 Å². The van der Waals surface area contributed by atoms with Gasteiger partial charge in [0, 0.05) is 11.8 Å². The van der Waals surface area contributed by atoms with Gasteiger partial charge in [-0.05, 0) is 13.0 Å². The van der Waals surface area contributed by atoms with Crippen LogP contribution in [0.2, 0.25) is 0 Å². The van der Waals surface area contributed by atoms with Crippen LogP contribution in [0.15, 0.2) is 35.6 Å². The Bertz CT molecular complexity index is 238. The van der Waals surface area contributed by atoms with Gasteiger partial charge in [-0.15, -0.1) is 0 Å². The molecule has 2 heteroatoms. The molecule has 1 aliphatic heterocycles. The molecule has 1 N–H and O–H groups in total. The zero-order valence-electron chi connectivity index (χ0n) is 5.79. The quantitative estimate of drug-likeness (QED) is 0.540. The molecular formula is C8H9NO. The zero-order chi connectivity index (χ0) is 6.97. The van der Waals surface area contributed by atoms with Crippen LogP contribution < -0.4 is 5.48 Å². The first-order valence-corrected chi connectivity index (χ1v) is 3.34. The van der Waals surface area contributed by atoms with Crippen LogP contribution in [0.25, 0.3) is 0 Å². The maximum atomic E-state index is 5.16. The molecular weight excluding hydrogens is 126 g/mol. The van der Waals surface area contributed by atoms with E-state index in [0.717, 1.165) is 0 Å². The molecule has 2 nitrogen and oxygen atoms in total. The molecule has 0 radical (unpaired) electrons. The number of hydrogen-bond donors (Lipinski definition) is 1. The van der Waals surface area contributed by atoms with Crippen LogP contribution in [-0.2, 0) is 4.84 Å². The van der Waals surface area contributed by atoms with Gasteiger partial charge < -0.3 is 0 Å². The Morgan fingerprint density at radius 2 is 2.40 bits per heavy atom. The average molecular weight is 135 g/mol. The average Bonchev–Trinajstić information content (AvgIpc) is 2.33. The second kappa shape index (κ2) is 1.99. The van der Waals surface area contributed by atoms with Crippen LogP contribution in [0.5, 0.6) is 0 Å². The van der Waals surface area contributed by atoms with Crippen LogP contribution in [0.4, 0.5) is 0 Å². The lowest BCUT2D eigenvalue weighted by molar-refractivity contribution is 0.0705. The summed E-state index contributed by atoms with van der Waals surface area (Å²) in [5.41, 5.74) is 5.18. The molecule has 1 atom stereocenters. The fourth-order valence-corrected chi connectivity index (χ4v) is 1.12. The first kappa shape index (κ1) is 5.74. The first-order chi connectivity index (χ1) is 4.86. The summed E-state index contributed by atoms with van der Waals surface area (Å²) in [6.45, 7) is 2.06. The normalized spacial score (nSPS) is 28.7. The van der Waals surface area contributed by atoms with Gasteiger partial charge in [-0.25, -0.2) is 0 Å². The van der Waals surface area contributed by atoms with Crippen molar-refractivity contribution in [2.24, 2.45) is 0 Å². The molecule has 2 aliphatic rings. The highest BCUT2D eigenvalue weighted by Gasteiger charge is 2.17. The molecule has 1 heterocycles. The van der Waals surface area contributed by atoms with E-state index in [2.05, 4.69) is 30.6 Å². The number of allylic oxidation sites excluding steroid dienone is 2. The highest BCUT2D eigenvalue weighted by Crippen LogP contribution is 2.20. The summed E-state index contributed by atoms with van der Waals surface area (Å²) in [5.74, 6) is 0. The summed E-state index contributed by atoms with van der Waals surface area (Å²) in [6, 6.07) is 0. The van der Waals surface area contributed by atoms with Gasteiger partial charge in [-0.3, -0.25) is 10.3 Å². The van der Waals surface area contributed by atoms with E-state index < -0.39 is 0 Å². The number of hydroxylamine groups is 1. The van der Waals surface area contributed by atoms with Crippen molar-refractivity contribution >= 4 is 0 Å². The smallest absolute Gasteiger partial charge is 0.131 e. The summed E-state index contributed by atoms with van der Waals surface area (Å²) < 4.78 is 0. The van der Waals surface area contributed by atoms with Crippen LogP contribution in [0.1, 0.15) is 6.92 Å². The predicted molar refractivity (Wildman–Crippen MR) is 39.0 cm³/mol. The second-order valence-corrected chi connectivity index (χ2v) is 2.54. The number of fused-ring (bicyclic) bond motifs is 1. The SMILES string of the molecule is CC1=CC2ONC=C2C=C1. The summed E-state index contributed by atoms with van der Waals surface area (Å²) in [4.78, 5) is 5.16. The van der Waals surface area contributed by atoms with Crippen LogP contribution in [0.3, 0.4) is 0 Å². The van der Waals surface area contributed by atoms with E-state index in [4.69, 9.17) is 4.84 Å². The molecule has 0 saturated heterocycles. The molecule has 0 amide bonds. The van der Waals surface area contributed by atoms with Gasteiger partial charge in [-0.1, -0.05) is 17.7 Å². The van der Waals surface area contributed by atoms with Crippen molar-refractivity contribution in [2.45, 2.75) is 13.0 Å². The molecule has 2 rings (SSSR count). The molecule has 10 heavy (non-hydrogen) atoms. The Morgan fingerprint density at radius 3 is 3.30 bits per heavy atom. The molecule has 0 spiro atoms. The number of rotatable bonds is 0. The zero-order valence-corrected chi connectivity index (χ0v) is 5.79. The summed E-state index contributed by atoms with van der Waals surface area (Å²) >= 11 is 0. The predicted octanol–water partition coefficient (Wildman–Crippen LogP) is 1.29. The fourth-order valence-electron chi connectivity index (χ4n) is 1.12. The van der Waals surface area contributed by atoms with Gasteiger partial charge >= 0.3 is 0 Å². The van der Waals surface area contributed by atoms with Crippen LogP contribution >= 0.6 is 0 Å². The van der Waals surface area contributed by atoms with Crippen LogP contribution in [-0.4, -0.2) is 6.10 Å². The van der Waals surface area contributed by atoms with Gasteiger partial charge in [-0.2, -0.15) is 0 Å². The van der Waals surface area contributed by atoms with Gasteiger partial charge in [0.25, 0.3) is 0 Å². The highest BCUT2D eigenvalue weighted by molar-refractivity contribution is 5.39. The number of hydrogen-bond acceptors (Lipinski definition) is 2. The summed E-state index contributed by atoms with van der Waals surface area (Å²) in [5, 5.41) is 0. The Hall–Kier alpha value is -1.02. The molecule has 0 aromatic carbocycles. The largest absolute Gasteiger partial charge is 0.273 e. The molecule has 0 aromatic heterocycles. The van der Waals surface area contributed by atoms with E-state index in [0.29, 0.717) is 0 Å². The third kappa shape index (κ3) is 0.772.